The number of rotatable bonds is 2. The van der Waals surface area contributed by atoms with E-state index < -0.39 is 9.84 Å². The highest BCUT2D eigenvalue weighted by Gasteiger charge is 2.21. The van der Waals surface area contributed by atoms with Gasteiger partial charge in [0.05, 0.1) is 23.0 Å². The molecule has 5 nitrogen and oxygen atoms in total. The molecule has 1 aromatic carbocycles. The van der Waals surface area contributed by atoms with Gasteiger partial charge in [-0.05, 0) is 18.2 Å². The number of hydrogen-bond acceptors (Lipinski definition) is 5. The van der Waals surface area contributed by atoms with Crippen molar-refractivity contribution in [3.8, 4) is 6.07 Å². The number of nitriles is 1. The van der Waals surface area contributed by atoms with Gasteiger partial charge in [-0.3, -0.25) is 0 Å². The van der Waals surface area contributed by atoms with Gasteiger partial charge in [-0.1, -0.05) is 6.08 Å². The molecule has 0 saturated carbocycles. The van der Waals surface area contributed by atoms with Gasteiger partial charge >= 0.3 is 0 Å². The van der Waals surface area contributed by atoms with Crippen molar-refractivity contribution in [3.63, 3.8) is 0 Å². The fourth-order valence-corrected chi connectivity index (χ4v) is 2.87. The number of nitrogen functional groups attached to an aromatic ring is 1. The largest absolute Gasteiger partial charge is 0.398 e. The number of nitrogens with two attached hydrogens (primary N) is 1. The zero-order valence-corrected chi connectivity index (χ0v) is 9.74. The molecule has 17 heavy (non-hydrogen) atoms. The first-order valence-corrected chi connectivity index (χ1v) is 6.69. The monoisotopic (exact) mass is 249 g/mol. The molecule has 0 amide bonds. The molecular weight excluding hydrogens is 238 g/mol. The quantitative estimate of drug-likeness (QED) is 0.758. The molecule has 0 radical (unpaired) electrons. The highest BCUT2D eigenvalue weighted by atomic mass is 32.2. The average Bonchev–Trinajstić information content (AvgIpc) is 2.58. The van der Waals surface area contributed by atoms with E-state index in [4.69, 9.17) is 11.0 Å². The molecule has 1 atom stereocenters. The van der Waals surface area contributed by atoms with E-state index in [9.17, 15) is 8.42 Å². The Hall–Kier alpha value is -2.00. The number of hydrogen-bond donors (Lipinski definition) is 2. The minimum absolute atomic E-state index is 0.0485. The van der Waals surface area contributed by atoms with Crippen LogP contribution < -0.4 is 11.1 Å². The topological polar surface area (TPSA) is 96.0 Å². The van der Waals surface area contributed by atoms with Crippen LogP contribution in [0.4, 0.5) is 11.4 Å². The average molecular weight is 249 g/mol. The second-order valence-corrected chi connectivity index (χ2v) is 5.75. The third-order valence-electron chi connectivity index (χ3n) is 2.45. The molecular formula is C11H11N3O2S. The Morgan fingerprint density at radius 2 is 2.24 bits per heavy atom. The van der Waals surface area contributed by atoms with Gasteiger partial charge in [-0.15, -0.1) is 0 Å². The van der Waals surface area contributed by atoms with Gasteiger partial charge in [0.15, 0.2) is 9.84 Å². The summed E-state index contributed by atoms with van der Waals surface area (Å²) in [6.07, 6.45) is 1.60. The summed E-state index contributed by atoms with van der Waals surface area (Å²) in [6, 6.07) is 6.65. The van der Waals surface area contributed by atoms with Crippen molar-refractivity contribution in [2.45, 2.75) is 6.04 Å². The SMILES string of the molecule is N#Cc1ccc(NC2C=CS(=O)(=O)C2)cc1N. The van der Waals surface area contributed by atoms with Crippen molar-refractivity contribution in [1.29, 1.82) is 5.26 Å². The van der Waals surface area contributed by atoms with Crippen LogP contribution in [0.2, 0.25) is 0 Å². The van der Waals surface area contributed by atoms with E-state index >= 15 is 0 Å². The minimum Gasteiger partial charge on any atom is -0.398 e. The van der Waals surface area contributed by atoms with Crippen LogP contribution in [0.25, 0.3) is 0 Å². The van der Waals surface area contributed by atoms with E-state index in [1.807, 2.05) is 6.07 Å². The Kier molecular flexibility index (Phi) is 2.77. The standard InChI is InChI=1S/C11H11N3O2S/c12-6-8-1-2-9(5-11(8)13)14-10-3-4-17(15,16)7-10/h1-5,10,14H,7,13H2. The predicted molar refractivity (Wildman–Crippen MR) is 65.9 cm³/mol. The van der Waals surface area contributed by atoms with E-state index in [0.29, 0.717) is 16.9 Å². The van der Waals surface area contributed by atoms with Crippen LogP contribution >= 0.6 is 0 Å². The number of nitrogens with zero attached hydrogens (tertiary/aromatic N) is 1. The zero-order valence-electron chi connectivity index (χ0n) is 8.92. The van der Waals surface area contributed by atoms with Crippen LogP contribution in [0, 0.1) is 11.3 Å². The van der Waals surface area contributed by atoms with E-state index in [1.54, 1.807) is 24.3 Å². The molecule has 0 bridgehead atoms. The highest BCUT2D eigenvalue weighted by molar-refractivity contribution is 7.94. The van der Waals surface area contributed by atoms with Gasteiger partial charge in [0, 0.05) is 11.1 Å². The lowest BCUT2D eigenvalue weighted by atomic mass is 10.1. The van der Waals surface area contributed by atoms with Gasteiger partial charge < -0.3 is 11.1 Å². The summed E-state index contributed by atoms with van der Waals surface area (Å²) in [4.78, 5) is 0. The van der Waals surface area contributed by atoms with Crippen molar-refractivity contribution in [3.05, 3.63) is 35.2 Å². The molecule has 1 heterocycles. The Balaban J connectivity index is 2.14. The fraction of sp³-hybridized carbons (Fsp3) is 0.182. The Morgan fingerprint density at radius 1 is 1.47 bits per heavy atom. The summed E-state index contributed by atoms with van der Waals surface area (Å²) in [6.45, 7) is 0. The molecule has 0 saturated heterocycles. The maximum Gasteiger partial charge on any atom is 0.173 e. The van der Waals surface area contributed by atoms with Crippen molar-refractivity contribution in [2.75, 3.05) is 16.8 Å². The van der Waals surface area contributed by atoms with E-state index in [2.05, 4.69) is 5.32 Å². The van der Waals surface area contributed by atoms with Crippen LogP contribution in [0.3, 0.4) is 0 Å². The van der Waals surface area contributed by atoms with Gasteiger partial charge in [-0.25, -0.2) is 8.42 Å². The molecule has 0 aromatic heterocycles. The van der Waals surface area contributed by atoms with Crippen LogP contribution in [0.5, 0.6) is 0 Å². The Morgan fingerprint density at radius 3 is 2.76 bits per heavy atom. The van der Waals surface area contributed by atoms with E-state index in [0.717, 1.165) is 0 Å². The summed E-state index contributed by atoms with van der Waals surface area (Å²) < 4.78 is 22.4. The van der Waals surface area contributed by atoms with E-state index in [-0.39, 0.29) is 11.8 Å². The second kappa shape index (κ2) is 4.11. The highest BCUT2D eigenvalue weighted by Crippen LogP contribution is 2.20. The van der Waals surface area contributed by atoms with Crippen LogP contribution in [0.1, 0.15) is 5.56 Å². The smallest absolute Gasteiger partial charge is 0.173 e. The van der Waals surface area contributed by atoms with Crippen LogP contribution in [0.15, 0.2) is 29.7 Å². The number of benzene rings is 1. The number of sulfone groups is 1. The molecule has 1 aromatic rings. The number of anilines is 2. The lowest BCUT2D eigenvalue weighted by Gasteiger charge is -2.12. The van der Waals surface area contributed by atoms with Crippen molar-refractivity contribution in [1.82, 2.24) is 0 Å². The first kappa shape index (κ1) is 11.5. The first-order valence-electron chi connectivity index (χ1n) is 4.97. The predicted octanol–water partition coefficient (Wildman–Crippen LogP) is 0.863. The van der Waals surface area contributed by atoms with Crippen molar-refractivity contribution in [2.24, 2.45) is 0 Å². The van der Waals surface area contributed by atoms with Crippen molar-refractivity contribution < 1.29 is 8.42 Å². The van der Waals surface area contributed by atoms with Gasteiger partial charge in [-0.2, -0.15) is 5.26 Å². The minimum atomic E-state index is -3.07. The molecule has 0 fully saturated rings. The molecule has 0 aliphatic carbocycles. The van der Waals surface area contributed by atoms with E-state index in [1.165, 1.54) is 5.41 Å². The molecule has 2 rings (SSSR count). The summed E-state index contributed by atoms with van der Waals surface area (Å²) >= 11 is 0. The Bertz CT molecular complexity index is 614. The number of nitrogens with one attached hydrogen (secondary N) is 1. The first-order chi connectivity index (χ1) is 8.00. The molecule has 6 heteroatoms. The molecule has 1 unspecified atom stereocenters. The van der Waals surface area contributed by atoms with Crippen molar-refractivity contribution >= 4 is 21.2 Å². The summed E-state index contributed by atoms with van der Waals surface area (Å²) in [5.41, 5.74) is 7.15. The second-order valence-electron chi connectivity index (χ2n) is 3.82. The molecule has 3 N–H and O–H groups in total. The zero-order chi connectivity index (χ0) is 12.5. The molecule has 1 aliphatic rings. The summed E-state index contributed by atoms with van der Waals surface area (Å²) in [7, 11) is -3.07. The molecule has 1 aliphatic heterocycles. The van der Waals surface area contributed by atoms with Gasteiger partial charge in [0.25, 0.3) is 0 Å². The summed E-state index contributed by atoms with van der Waals surface area (Å²) in [5.74, 6) is 0.0485. The normalized spacial score (nSPS) is 21.0. The van der Waals surface area contributed by atoms with Crippen LogP contribution in [-0.2, 0) is 9.84 Å². The fourth-order valence-electron chi connectivity index (χ4n) is 1.63. The third kappa shape index (κ3) is 2.57. The van der Waals surface area contributed by atoms with Gasteiger partial charge in [0.2, 0.25) is 0 Å². The van der Waals surface area contributed by atoms with Crippen LogP contribution in [-0.4, -0.2) is 20.2 Å². The lowest BCUT2D eigenvalue weighted by Crippen LogP contribution is -2.20. The molecule has 88 valence electrons. The maximum atomic E-state index is 11.2. The maximum absolute atomic E-state index is 11.2. The van der Waals surface area contributed by atoms with Gasteiger partial charge in [0.1, 0.15) is 6.07 Å². The molecule has 0 spiro atoms. The summed E-state index contributed by atoms with van der Waals surface area (Å²) in [5, 5.41) is 13.0. The Labute approximate surface area is 99.5 Å². The lowest BCUT2D eigenvalue weighted by molar-refractivity contribution is 0.605. The third-order valence-corrected chi connectivity index (χ3v) is 3.85.